The minimum absolute atomic E-state index is 0.0260. The summed E-state index contributed by atoms with van der Waals surface area (Å²) in [5.74, 6) is -0.597. The van der Waals surface area contributed by atoms with E-state index in [2.05, 4.69) is 30.5 Å². The van der Waals surface area contributed by atoms with Crippen LogP contribution in [0.25, 0.3) is 11.1 Å². The number of nitrogens with one attached hydrogen (secondary N) is 2. The predicted molar refractivity (Wildman–Crippen MR) is 103 cm³/mol. The first-order valence-corrected chi connectivity index (χ1v) is 10.0. The van der Waals surface area contributed by atoms with Crippen molar-refractivity contribution in [3.63, 3.8) is 0 Å². The predicted octanol–water partition coefficient (Wildman–Crippen LogP) is 3.40. The molecule has 0 amide bonds. The van der Waals surface area contributed by atoms with Gasteiger partial charge in [0.15, 0.2) is 5.58 Å². The first kappa shape index (κ1) is 18.3. The molecule has 1 heterocycles. The molecular formula is C19H22N2O4S. The van der Waals surface area contributed by atoms with Crippen LogP contribution in [0.2, 0.25) is 0 Å². The summed E-state index contributed by atoms with van der Waals surface area (Å²) in [6.45, 7) is 6.42. The summed E-state index contributed by atoms with van der Waals surface area (Å²) in [5.41, 5.74) is 3.48. The normalized spacial score (nSPS) is 12.4. The fourth-order valence-corrected chi connectivity index (χ4v) is 3.76. The van der Waals surface area contributed by atoms with Gasteiger partial charge < -0.3 is 4.42 Å². The average Bonchev–Trinajstić information content (AvgIpc) is 2.91. The third-order valence-corrected chi connectivity index (χ3v) is 5.46. The highest BCUT2D eigenvalue weighted by atomic mass is 32.2. The van der Waals surface area contributed by atoms with E-state index in [1.165, 1.54) is 11.6 Å². The molecule has 0 unspecified atom stereocenters. The van der Waals surface area contributed by atoms with Crippen LogP contribution < -0.4 is 10.5 Å². The molecule has 0 atom stereocenters. The van der Waals surface area contributed by atoms with Crippen molar-refractivity contribution in [3.05, 3.63) is 64.1 Å². The van der Waals surface area contributed by atoms with E-state index < -0.39 is 15.8 Å². The number of H-pyrrole nitrogens is 1. The molecule has 1 aromatic heterocycles. The van der Waals surface area contributed by atoms with E-state index in [0.717, 1.165) is 5.56 Å². The molecule has 0 radical (unpaired) electrons. The maximum absolute atomic E-state index is 12.3. The quantitative estimate of drug-likeness (QED) is 0.716. The Morgan fingerprint density at radius 3 is 2.42 bits per heavy atom. The first-order valence-electron chi connectivity index (χ1n) is 8.35. The molecule has 2 aromatic carbocycles. The minimum Gasteiger partial charge on any atom is -0.408 e. The Labute approximate surface area is 152 Å². The average molecular weight is 374 g/mol. The molecule has 0 bridgehead atoms. The number of fused-ring (bicyclic) bond motifs is 1. The summed E-state index contributed by atoms with van der Waals surface area (Å²) in [5, 5.41) is 0. The number of aromatic nitrogens is 1. The molecule has 0 aliphatic carbocycles. The number of benzene rings is 2. The second kappa shape index (κ2) is 6.64. The molecular weight excluding hydrogens is 352 g/mol. The fourth-order valence-electron chi connectivity index (χ4n) is 2.67. The van der Waals surface area contributed by atoms with Gasteiger partial charge in [0, 0.05) is 0 Å². The number of hydrogen-bond acceptors (Lipinski definition) is 4. The minimum atomic E-state index is -3.51. The highest BCUT2D eigenvalue weighted by Crippen LogP contribution is 2.22. The van der Waals surface area contributed by atoms with Gasteiger partial charge in [-0.05, 0) is 41.2 Å². The summed E-state index contributed by atoms with van der Waals surface area (Å²) in [7, 11) is -3.51. The standard InChI is InChI=1S/C19H22N2O4S/c1-19(2,3)14-6-4-13(5-7-14)10-11-26(23,24)21-15-8-9-17-16(12-15)20-18(22)25-17/h4-9,12,21H,10-11H2,1-3H3,(H,20,22). The lowest BCUT2D eigenvalue weighted by molar-refractivity contribution is 0.555. The molecule has 2 N–H and O–H groups in total. The van der Waals surface area contributed by atoms with E-state index in [9.17, 15) is 13.2 Å². The van der Waals surface area contributed by atoms with Gasteiger partial charge in [0.05, 0.1) is 17.0 Å². The molecule has 3 rings (SSSR count). The molecule has 0 spiro atoms. The van der Waals surface area contributed by atoms with Gasteiger partial charge in [0.1, 0.15) is 0 Å². The zero-order chi connectivity index (χ0) is 18.9. The maximum atomic E-state index is 12.3. The van der Waals surface area contributed by atoms with Crippen LogP contribution in [0.15, 0.2) is 51.7 Å². The van der Waals surface area contributed by atoms with Crippen molar-refractivity contribution < 1.29 is 12.8 Å². The van der Waals surface area contributed by atoms with Crippen LogP contribution in [-0.2, 0) is 21.9 Å². The monoisotopic (exact) mass is 374 g/mol. The number of rotatable bonds is 5. The van der Waals surface area contributed by atoms with Gasteiger partial charge in [-0.3, -0.25) is 9.71 Å². The molecule has 0 fully saturated rings. The summed E-state index contributed by atoms with van der Waals surface area (Å²) in [6.07, 6.45) is 0.421. The van der Waals surface area contributed by atoms with Gasteiger partial charge in [0.2, 0.25) is 10.0 Å². The lowest BCUT2D eigenvalue weighted by atomic mass is 9.86. The molecule has 138 valence electrons. The SMILES string of the molecule is CC(C)(C)c1ccc(CCS(=O)(=O)Nc2ccc3oc(=O)[nH]c3c2)cc1. The van der Waals surface area contributed by atoms with Gasteiger partial charge in [-0.2, -0.15) is 0 Å². The van der Waals surface area contributed by atoms with Gasteiger partial charge in [-0.15, -0.1) is 0 Å². The van der Waals surface area contributed by atoms with Gasteiger partial charge >= 0.3 is 5.76 Å². The smallest absolute Gasteiger partial charge is 0.408 e. The summed E-state index contributed by atoms with van der Waals surface area (Å²) < 4.78 is 32.1. The molecule has 0 aliphatic heterocycles. The summed E-state index contributed by atoms with van der Waals surface area (Å²) >= 11 is 0. The highest BCUT2D eigenvalue weighted by molar-refractivity contribution is 7.92. The third kappa shape index (κ3) is 4.35. The Morgan fingerprint density at radius 2 is 1.77 bits per heavy atom. The molecule has 7 heteroatoms. The molecule has 3 aromatic rings. The summed E-state index contributed by atoms with van der Waals surface area (Å²) in [4.78, 5) is 13.7. The van der Waals surface area contributed by atoms with Crippen molar-refractivity contribution in [1.82, 2.24) is 4.98 Å². The molecule has 0 saturated carbocycles. The van der Waals surface area contributed by atoms with Crippen LogP contribution >= 0.6 is 0 Å². The van der Waals surface area contributed by atoms with Crippen molar-refractivity contribution in [1.29, 1.82) is 0 Å². The highest BCUT2D eigenvalue weighted by Gasteiger charge is 2.15. The first-order chi connectivity index (χ1) is 12.1. The Balaban J connectivity index is 1.67. The third-order valence-electron chi connectivity index (χ3n) is 4.17. The van der Waals surface area contributed by atoms with Crippen molar-refractivity contribution >= 4 is 26.8 Å². The molecule has 0 aliphatic rings. The van der Waals surface area contributed by atoms with E-state index >= 15 is 0 Å². The van der Waals surface area contributed by atoms with Crippen LogP contribution in [0.1, 0.15) is 31.9 Å². The topological polar surface area (TPSA) is 92.2 Å². The number of hydrogen-bond donors (Lipinski definition) is 2. The molecule has 0 saturated heterocycles. The van der Waals surface area contributed by atoms with E-state index in [1.807, 2.05) is 24.3 Å². The van der Waals surface area contributed by atoms with Gasteiger partial charge in [-0.25, -0.2) is 13.2 Å². The Morgan fingerprint density at radius 1 is 1.08 bits per heavy atom. The van der Waals surface area contributed by atoms with Crippen LogP contribution in [0, 0.1) is 0 Å². The van der Waals surface area contributed by atoms with Crippen LogP contribution in [-0.4, -0.2) is 19.2 Å². The number of aryl methyl sites for hydroxylation is 1. The van der Waals surface area contributed by atoms with Crippen molar-refractivity contribution in [3.8, 4) is 0 Å². The zero-order valence-electron chi connectivity index (χ0n) is 15.0. The second-order valence-corrected chi connectivity index (χ2v) is 9.19. The maximum Gasteiger partial charge on any atom is 0.417 e. The molecule has 6 nitrogen and oxygen atoms in total. The van der Waals surface area contributed by atoms with Crippen LogP contribution in [0.4, 0.5) is 5.69 Å². The van der Waals surface area contributed by atoms with Gasteiger partial charge in [0.25, 0.3) is 0 Å². The second-order valence-electron chi connectivity index (χ2n) is 7.34. The van der Waals surface area contributed by atoms with Crippen LogP contribution in [0.5, 0.6) is 0 Å². The van der Waals surface area contributed by atoms with Crippen molar-refractivity contribution in [2.75, 3.05) is 10.5 Å². The Bertz CT molecular complexity index is 1070. The lowest BCUT2D eigenvalue weighted by Gasteiger charge is -2.19. The van der Waals surface area contributed by atoms with E-state index in [4.69, 9.17) is 4.42 Å². The van der Waals surface area contributed by atoms with E-state index in [1.54, 1.807) is 12.1 Å². The summed E-state index contributed by atoms with van der Waals surface area (Å²) in [6, 6.07) is 12.7. The van der Waals surface area contributed by atoms with Crippen molar-refractivity contribution in [2.24, 2.45) is 0 Å². The van der Waals surface area contributed by atoms with Crippen LogP contribution in [0.3, 0.4) is 0 Å². The van der Waals surface area contributed by atoms with Gasteiger partial charge in [-0.1, -0.05) is 45.0 Å². The lowest BCUT2D eigenvalue weighted by Crippen LogP contribution is -2.18. The molecule has 26 heavy (non-hydrogen) atoms. The van der Waals surface area contributed by atoms with E-state index in [-0.39, 0.29) is 11.2 Å². The largest absolute Gasteiger partial charge is 0.417 e. The zero-order valence-corrected chi connectivity index (χ0v) is 15.8. The number of anilines is 1. The number of aromatic amines is 1. The fraction of sp³-hybridized carbons (Fsp3) is 0.316. The number of oxazole rings is 1. The Hall–Kier alpha value is -2.54. The number of sulfonamides is 1. The van der Waals surface area contributed by atoms with Crippen molar-refractivity contribution in [2.45, 2.75) is 32.6 Å². The van der Waals surface area contributed by atoms with E-state index in [0.29, 0.717) is 23.2 Å². The Kier molecular flexibility index (Phi) is 4.66.